The number of aliphatic carboxylic acids is 1. The van der Waals surface area contributed by atoms with Crippen molar-refractivity contribution < 1.29 is 29.3 Å². The molecule has 7 nitrogen and oxygen atoms in total. The highest BCUT2D eigenvalue weighted by Crippen LogP contribution is 2.31. The van der Waals surface area contributed by atoms with E-state index in [1.807, 2.05) is 13.8 Å². The van der Waals surface area contributed by atoms with Crippen LogP contribution in [0.5, 0.6) is 0 Å². The lowest BCUT2D eigenvalue weighted by Gasteiger charge is -2.31. The molecule has 0 fully saturated rings. The van der Waals surface area contributed by atoms with Crippen LogP contribution in [0.4, 0.5) is 4.79 Å². The van der Waals surface area contributed by atoms with E-state index in [4.69, 9.17) is 14.6 Å². The number of rotatable bonds is 10. The molecule has 1 amide bonds. The SMILES string of the molecule is CC(C)CC(CCOCCO)(CNC(=O)OC(C)(C)C)C(=O)O. The minimum atomic E-state index is -1.12. The third-order valence-electron chi connectivity index (χ3n) is 3.18. The molecule has 0 aromatic rings. The molecule has 0 rings (SSSR count). The Kier molecular flexibility index (Phi) is 9.16. The monoisotopic (exact) mass is 333 g/mol. The number of hydrogen-bond acceptors (Lipinski definition) is 5. The van der Waals surface area contributed by atoms with Crippen LogP contribution in [0.1, 0.15) is 47.5 Å². The zero-order valence-corrected chi connectivity index (χ0v) is 14.8. The minimum Gasteiger partial charge on any atom is -0.481 e. The summed E-state index contributed by atoms with van der Waals surface area (Å²) in [4.78, 5) is 23.6. The van der Waals surface area contributed by atoms with Gasteiger partial charge in [-0.3, -0.25) is 4.79 Å². The van der Waals surface area contributed by atoms with Crippen molar-refractivity contribution >= 4 is 12.1 Å². The van der Waals surface area contributed by atoms with Crippen molar-refractivity contribution in [1.82, 2.24) is 5.32 Å². The summed E-state index contributed by atoms with van der Waals surface area (Å²) in [6, 6.07) is 0. The van der Waals surface area contributed by atoms with Crippen molar-refractivity contribution in [2.24, 2.45) is 11.3 Å². The van der Waals surface area contributed by atoms with E-state index in [1.165, 1.54) is 0 Å². The van der Waals surface area contributed by atoms with Gasteiger partial charge in [-0.15, -0.1) is 0 Å². The van der Waals surface area contributed by atoms with E-state index in [9.17, 15) is 14.7 Å². The number of carboxylic acid groups (broad SMARTS) is 1. The second kappa shape index (κ2) is 9.72. The van der Waals surface area contributed by atoms with Gasteiger partial charge in [-0.25, -0.2) is 4.79 Å². The van der Waals surface area contributed by atoms with Crippen LogP contribution in [-0.4, -0.2) is 54.2 Å². The predicted molar refractivity (Wildman–Crippen MR) is 86.3 cm³/mol. The fraction of sp³-hybridized carbons (Fsp3) is 0.875. The molecule has 0 spiro atoms. The number of ether oxygens (including phenoxy) is 2. The topological polar surface area (TPSA) is 105 Å². The van der Waals surface area contributed by atoms with Crippen molar-refractivity contribution in [3.63, 3.8) is 0 Å². The van der Waals surface area contributed by atoms with E-state index in [2.05, 4.69) is 5.32 Å². The van der Waals surface area contributed by atoms with Gasteiger partial charge >= 0.3 is 12.1 Å². The fourth-order valence-electron chi connectivity index (χ4n) is 2.30. The van der Waals surface area contributed by atoms with E-state index in [1.54, 1.807) is 20.8 Å². The van der Waals surface area contributed by atoms with Crippen molar-refractivity contribution in [2.45, 2.75) is 53.1 Å². The van der Waals surface area contributed by atoms with E-state index in [0.29, 0.717) is 6.42 Å². The summed E-state index contributed by atoms with van der Waals surface area (Å²) in [6.45, 7) is 9.32. The van der Waals surface area contributed by atoms with Crippen molar-refractivity contribution in [3.8, 4) is 0 Å². The van der Waals surface area contributed by atoms with Crippen LogP contribution in [0.2, 0.25) is 0 Å². The standard InChI is InChI=1S/C16H31NO6/c1-12(2)10-16(13(19)20,6-8-22-9-7-18)11-17-14(21)23-15(3,4)5/h12,18H,6-11H2,1-5H3,(H,17,21)(H,19,20). The molecular weight excluding hydrogens is 302 g/mol. The first kappa shape index (κ1) is 21.7. The van der Waals surface area contributed by atoms with Crippen LogP contribution in [0.15, 0.2) is 0 Å². The summed E-state index contributed by atoms with van der Waals surface area (Å²) >= 11 is 0. The molecule has 23 heavy (non-hydrogen) atoms. The van der Waals surface area contributed by atoms with Gasteiger partial charge in [0, 0.05) is 13.2 Å². The number of carbonyl (C=O) groups is 2. The lowest BCUT2D eigenvalue weighted by atomic mass is 9.77. The molecule has 3 N–H and O–H groups in total. The quantitative estimate of drug-likeness (QED) is 0.528. The predicted octanol–water partition coefficient (Wildman–Crippen LogP) is 2.03. The van der Waals surface area contributed by atoms with Gasteiger partial charge in [0.05, 0.1) is 18.6 Å². The van der Waals surface area contributed by atoms with Crippen molar-refractivity contribution in [2.75, 3.05) is 26.4 Å². The van der Waals surface area contributed by atoms with Gasteiger partial charge in [0.15, 0.2) is 0 Å². The number of aliphatic hydroxyl groups excluding tert-OH is 1. The molecule has 0 saturated carbocycles. The number of amides is 1. The number of nitrogens with one attached hydrogen (secondary N) is 1. The molecular formula is C16H31NO6. The van der Waals surface area contributed by atoms with Crippen molar-refractivity contribution in [3.05, 3.63) is 0 Å². The lowest BCUT2D eigenvalue weighted by molar-refractivity contribution is -0.151. The van der Waals surface area contributed by atoms with Gasteiger partial charge < -0.3 is 25.0 Å². The third kappa shape index (κ3) is 9.40. The molecule has 0 aromatic heterocycles. The van der Waals surface area contributed by atoms with Gasteiger partial charge in [-0.1, -0.05) is 13.8 Å². The number of hydrogen-bond donors (Lipinski definition) is 3. The maximum atomic E-state index is 11.8. The maximum absolute atomic E-state index is 11.8. The molecule has 0 radical (unpaired) electrons. The Bertz CT molecular complexity index is 377. The van der Waals surface area contributed by atoms with Crippen LogP contribution in [0.25, 0.3) is 0 Å². The van der Waals surface area contributed by atoms with Crippen molar-refractivity contribution in [1.29, 1.82) is 0 Å². The average molecular weight is 333 g/mol. The van der Waals surface area contributed by atoms with Crippen LogP contribution < -0.4 is 5.32 Å². The zero-order valence-electron chi connectivity index (χ0n) is 14.8. The average Bonchev–Trinajstić information content (AvgIpc) is 2.38. The van der Waals surface area contributed by atoms with E-state index >= 15 is 0 Å². The fourth-order valence-corrected chi connectivity index (χ4v) is 2.30. The Morgan fingerprint density at radius 1 is 1.17 bits per heavy atom. The molecule has 1 atom stereocenters. The Balaban J connectivity index is 4.87. The summed E-state index contributed by atoms with van der Waals surface area (Å²) in [6.07, 6.45) is 0.0138. The smallest absolute Gasteiger partial charge is 0.407 e. The first-order chi connectivity index (χ1) is 10.5. The first-order valence-corrected chi connectivity index (χ1v) is 7.91. The third-order valence-corrected chi connectivity index (χ3v) is 3.18. The van der Waals surface area contributed by atoms with E-state index < -0.39 is 23.1 Å². The second-order valence-corrected chi connectivity index (χ2v) is 7.12. The van der Waals surface area contributed by atoms with Gasteiger partial charge in [-0.2, -0.15) is 0 Å². The van der Waals surface area contributed by atoms with Gasteiger partial charge in [0.25, 0.3) is 0 Å². The van der Waals surface area contributed by atoms with Crippen LogP contribution in [0.3, 0.4) is 0 Å². The highest BCUT2D eigenvalue weighted by Gasteiger charge is 2.39. The summed E-state index contributed by atoms with van der Waals surface area (Å²) in [5, 5.41) is 21.0. The molecule has 0 aliphatic rings. The van der Waals surface area contributed by atoms with Crippen LogP contribution in [0, 0.1) is 11.3 Å². The first-order valence-electron chi connectivity index (χ1n) is 7.91. The normalized spacial score (nSPS) is 14.4. The molecule has 136 valence electrons. The van der Waals surface area contributed by atoms with E-state index in [-0.39, 0.29) is 38.7 Å². The molecule has 0 bridgehead atoms. The molecule has 7 heteroatoms. The number of alkyl carbamates (subject to hydrolysis) is 1. The van der Waals surface area contributed by atoms with E-state index in [0.717, 1.165) is 0 Å². The Hall–Kier alpha value is -1.34. The number of aliphatic hydroxyl groups is 1. The molecule has 0 aliphatic heterocycles. The highest BCUT2D eigenvalue weighted by molar-refractivity contribution is 5.76. The molecule has 0 saturated heterocycles. The number of carbonyl (C=O) groups excluding carboxylic acids is 1. The number of carboxylic acids is 1. The summed E-state index contributed by atoms with van der Waals surface area (Å²) < 4.78 is 10.4. The second-order valence-electron chi connectivity index (χ2n) is 7.12. The maximum Gasteiger partial charge on any atom is 0.407 e. The summed E-state index contributed by atoms with van der Waals surface area (Å²) in [5.41, 5.74) is -1.77. The molecule has 1 unspecified atom stereocenters. The summed E-state index contributed by atoms with van der Waals surface area (Å²) in [7, 11) is 0. The van der Waals surface area contributed by atoms with Crippen LogP contribution >= 0.6 is 0 Å². The largest absolute Gasteiger partial charge is 0.481 e. The van der Waals surface area contributed by atoms with Gasteiger partial charge in [-0.05, 0) is 39.5 Å². The lowest BCUT2D eigenvalue weighted by Crippen LogP contribution is -2.46. The van der Waals surface area contributed by atoms with Crippen LogP contribution in [-0.2, 0) is 14.3 Å². The summed E-state index contributed by atoms with van der Waals surface area (Å²) in [5.74, 6) is -0.834. The van der Waals surface area contributed by atoms with Gasteiger partial charge in [0.2, 0.25) is 0 Å². The molecule has 0 aliphatic carbocycles. The molecule has 0 aromatic carbocycles. The Labute approximate surface area is 138 Å². The Morgan fingerprint density at radius 2 is 1.78 bits per heavy atom. The zero-order chi connectivity index (χ0) is 18.1. The highest BCUT2D eigenvalue weighted by atomic mass is 16.6. The Morgan fingerprint density at radius 3 is 2.22 bits per heavy atom. The molecule has 0 heterocycles. The minimum absolute atomic E-state index is 0.0298. The van der Waals surface area contributed by atoms with Gasteiger partial charge in [0.1, 0.15) is 5.60 Å².